The van der Waals surface area contributed by atoms with E-state index in [4.69, 9.17) is 11.6 Å². The SMILES string of the molecule is Fc1ccc(Br)cc1-c1nc2c(Cl)cccc2[nH]1. The third-order valence-corrected chi connectivity index (χ3v) is 3.45. The molecule has 2 nitrogen and oxygen atoms in total. The molecular weight excluding hydrogens is 319 g/mol. The van der Waals surface area contributed by atoms with Gasteiger partial charge >= 0.3 is 0 Å². The van der Waals surface area contributed by atoms with Gasteiger partial charge in [0, 0.05) is 4.47 Å². The quantitative estimate of drug-likeness (QED) is 0.685. The first-order chi connectivity index (χ1) is 8.65. The van der Waals surface area contributed by atoms with Crippen LogP contribution in [0.5, 0.6) is 0 Å². The molecule has 3 aromatic rings. The van der Waals surface area contributed by atoms with Crippen molar-refractivity contribution in [1.82, 2.24) is 9.97 Å². The van der Waals surface area contributed by atoms with E-state index < -0.39 is 0 Å². The van der Waals surface area contributed by atoms with Crippen molar-refractivity contribution in [2.45, 2.75) is 0 Å². The van der Waals surface area contributed by atoms with E-state index in [1.165, 1.54) is 6.07 Å². The predicted octanol–water partition coefficient (Wildman–Crippen LogP) is 4.78. The molecule has 90 valence electrons. The number of aromatic nitrogens is 2. The minimum Gasteiger partial charge on any atom is -0.338 e. The summed E-state index contributed by atoms with van der Waals surface area (Å²) in [6.45, 7) is 0. The monoisotopic (exact) mass is 324 g/mol. The predicted molar refractivity (Wildman–Crippen MR) is 74.2 cm³/mol. The van der Waals surface area contributed by atoms with Crippen LogP contribution in [0.3, 0.4) is 0 Å². The highest BCUT2D eigenvalue weighted by molar-refractivity contribution is 9.10. The maximum Gasteiger partial charge on any atom is 0.141 e. The second-order valence-corrected chi connectivity index (χ2v) is 5.17. The molecule has 0 amide bonds. The lowest BCUT2D eigenvalue weighted by atomic mass is 10.2. The summed E-state index contributed by atoms with van der Waals surface area (Å²) in [4.78, 5) is 7.40. The van der Waals surface area contributed by atoms with Crippen LogP contribution < -0.4 is 0 Å². The number of halogens is 3. The number of H-pyrrole nitrogens is 1. The standard InChI is InChI=1S/C13H7BrClFN2/c14-7-4-5-10(16)8(6-7)13-17-11-3-1-2-9(15)12(11)18-13/h1-6H,(H,17,18). The normalized spacial score (nSPS) is 11.1. The van der Waals surface area contributed by atoms with Crippen molar-refractivity contribution in [1.29, 1.82) is 0 Å². The maximum absolute atomic E-state index is 13.8. The molecular formula is C13H7BrClFN2. The molecule has 1 heterocycles. The summed E-state index contributed by atoms with van der Waals surface area (Å²) in [5.74, 6) is 0.144. The van der Waals surface area contributed by atoms with Crippen LogP contribution in [0.2, 0.25) is 5.02 Å². The van der Waals surface area contributed by atoms with Crippen molar-refractivity contribution in [3.05, 3.63) is 51.7 Å². The summed E-state index contributed by atoms with van der Waals surface area (Å²) in [6, 6.07) is 10.2. The summed E-state index contributed by atoms with van der Waals surface area (Å²) in [7, 11) is 0. The molecule has 0 aliphatic rings. The van der Waals surface area contributed by atoms with Crippen LogP contribution in [-0.2, 0) is 0 Å². The Kier molecular flexibility index (Phi) is 2.84. The largest absolute Gasteiger partial charge is 0.338 e. The molecule has 0 aliphatic heterocycles. The highest BCUT2D eigenvalue weighted by Crippen LogP contribution is 2.28. The second-order valence-electron chi connectivity index (χ2n) is 3.85. The summed E-state index contributed by atoms with van der Waals surface area (Å²) in [5, 5.41) is 0.547. The van der Waals surface area contributed by atoms with E-state index in [2.05, 4.69) is 25.9 Å². The lowest BCUT2D eigenvalue weighted by Gasteiger charge is -1.99. The van der Waals surface area contributed by atoms with E-state index in [0.29, 0.717) is 21.9 Å². The summed E-state index contributed by atoms with van der Waals surface area (Å²) < 4.78 is 14.6. The van der Waals surface area contributed by atoms with Gasteiger partial charge in [-0.1, -0.05) is 33.6 Å². The molecule has 0 fully saturated rings. The Bertz CT molecular complexity index is 739. The van der Waals surface area contributed by atoms with E-state index in [9.17, 15) is 4.39 Å². The molecule has 2 aromatic carbocycles. The molecule has 0 aliphatic carbocycles. The van der Waals surface area contributed by atoms with Gasteiger partial charge in [-0.2, -0.15) is 0 Å². The fourth-order valence-corrected chi connectivity index (χ4v) is 2.38. The summed E-state index contributed by atoms with van der Waals surface area (Å²) in [5.41, 5.74) is 1.85. The Morgan fingerprint density at radius 1 is 1.22 bits per heavy atom. The molecule has 0 unspecified atom stereocenters. The zero-order valence-corrected chi connectivity index (χ0v) is 11.4. The van der Waals surface area contributed by atoms with Crippen molar-refractivity contribution < 1.29 is 4.39 Å². The Labute approximate surface area is 116 Å². The maximum atomic E-state index is 13.8. The van der Waals surface area contributed by atoms with Crippen LogP contribution in [-0.4, -0.2) is 9.97 Å². The number of hydrogen-bond acceptors (Lipinski definition) is 1. The number of para-hydroxylation sites is 1. The van der Waals surface area contributed by atoms with Crippen LogP contribution in [0.1, 0.15) is 0 Å². The molecule has 0 bridgehead atoms. The number of benzene rings is 2. The smallest absolute Gasteiger partial charge is 0.141 e. The van der Waals surface area contributed by atoms with Gasteiger partial charge in [0.05, 0.1) is 16.1 Å². The van der Waals surface area contributed by atoms with Gasteiger partial charge in [-0.25, -0.2) is 9.37 Å². The number of imidazole rings is 1. The van der Waals surface area contributed by atoms with Crippen LogP contribution in [0.15, 0.2) is 40.9 Å². The third kappa shape index (κ3) is 1.91. The highest BCUT2D eigenvalue weighted by atomic mass is 79.9. The summed E-state index contributed by atoms with van der Waals surface area (Å²) in [6.07, 6.45) is 0. The number of hydrogen-bond donors (Lipinski definition) is 1. The first-order valence-electron chi connectivity index (χ1n) is 5.25. The molecule has 1 N–H and O–H groups in total. The van der Waals surface area contributed by atoms with Crippen LogP contribution in [0, 0.1) is 5.82 Å². The average Bonchev–Trinajstić information content (AvgIpc) is 2.77. The van der Waals surface area contributed by atoms with Crippen molar-refractivity contribution in [3.63, 3.8) is 0 Å². The summed E-state index contributed by atoms with van der Waals surface area (Å²) >= 11 is 9.36. The van der Waals surface area contributed by atoms with Crippen LogP contribution in [0.4, 0.5) is 4.39 Å². The zero-order chi connectivity index (χ0) is 12.7. The van der Waals surface area contributed by atoms with E-state index >= 15 is 0 Å². The second kappa shape index (κ2) is 4.37. The molecule has 5 heteroatoms. The lowest BCUT2D eigenvalue weighted by molar-refractivity contribution is 0.630. The van der Waals surface area contributed by atoms with Gasteiger partial charge in [0.1, 0.15) is 17.2 Å². The van der Waals surface area contributed by atoms with Crippen molar-refractivity contribution in [2.24, 2.45) is 0 Å². The van der Waals surface area contributed by atoms with Gasteiger partial charge < -0.3 is 4.98 Å². The Hall–Kier alpha value is -1.39. The fourth-order valence-electron chi connectivity index (χ4n) is 1.80. The highest BCUT2D eigenvalue weighted by Gasteiger charge is 2.11. The number of rotatable bonds is 1. The zero-order valence-electron chi connectivity index (χ0n) is 9.05. The van der Waals surface area contributed by atoms with Crippen molar-refractivity contribution in [3.8, 4) is 11.4 Å². The minimum absolute atomic E-state index is 0.326. The first kappa shape index (κ1) is 11.7. The number of nitrogens with one attached hydrogen (secondary N) is 1. The third-order valence-electron chi connectivity index (χ3n) is 2.65. The minimum atomic E-state index is -0.326. The number of aromatic amines is 1. The van der Waals surface area contributed by atoms with Gasteiger partial charge in [-0.3, -0.25) is 0 Å². The average molecular weight is 326 g/mol. The molecule has 0 atom stereocenters. The fraction of sp³-hybridized carbons (Fsp3) is 0. The van der Waals surface area contributed by atoms with E-state index in [1.807, 2.05) is 12.1 Å². The topological polar surface area (TPSA) is 28.7 Å². The molecule has 0 saturated carbocycles. The molecule has 3 rings (SSSR count). The Morgan fingerprint density at radius 3 is 2.83 bits per heavy atom. The van der Waals surface area contributed by atoms with Gasteiger partial charge in [0.25, 0.3) is 0 Å². The van der Waals surface area contributed by atoms with Gasteiger partial charge in [-0.05, 0) is 30.3 Å². The van der Waals surface area contributed by atoms with Gasteiger partial charge in [0.15, 0.2) is 0 Å². The Balaban J connectivity index is 2.26. The first-order valence-corrected chi connectivity index (χ1v) is 6.42. The van der Waals surface area contributed by atoms with Crippen LogP contribution in [0.25, 0.3) is 22.4 Å². The molecule has 0 saturated heterocycles. The van der Waals surface area contributed by atoms with Gasteiger partial charge in [0.2, 0.25) is 0 Å². The van der Waals surface area contributed by atoms with E-state index in [1.54, 1.807) is 18.2 Å². The Morgan fingerprint density at radius 2 is 2.06 bits per heavy atom. The molecule has 0 spiro atoms. The number of nitrogens with zero attached hydrogens (tertiary/aromatic N) is 1. The molecule has 1 aromatic heterocycles. The molecule has 0 radical (unpaired) electrons. The van der Waals surface area contributed by atoms with Gasteiger partial charge in [-0.15, -0.1) is 0 Å². The van der Waals surface area contributed by atoms with Crippen molar-refractivity contribution >= 4 is 38.6 Å². The van der Waals surface area contributed by atoms with Crippen LogP contribution >= 0.6 is 27.5 Å². The van der Waals surface area contributed by atoms with E-state index in [-0.39, 0.29) is 5.82 Å². The lowest BCUT2D eigenvalue weighted by Crippen LogP contribution is -1.86. The van der Waals surface area contributed by atoms with E-state index in [0.717, 1.165) is 9.99 Å². The van der Waals surface area contributed by atoms with Crippen molar-refractivity contribution in [2.75, 3.05) is 0 Å². The number of fused-ring (bicyclic) bond motifs is 1. The molecule has 18 heavy (non-hydrogen) atoms.